The fourth-order valence-corrected chi connectivity index (χ4v) is 2.48. The van der Waals surface area contributed by atoms with Crippen LogP contribution in [-0.4, -0.2) is 24.0 Å². The Balaban J connectivity index is 2.51. The first-order valence-corrected chi connectivity index (χ1v) is 6.78. The van der Waals surface area contributed by atoms with E-state index >= 15 is 0 Å². The molecule has 2 unspecified atom stereocenters. The Hall–Kier alpha value is -0.0400. The van der Waals surface area contributed by atoms with Crippen molar-refractivity contribution >= 4 is 0 Å². The van der Waals surface area contributed by atoms with E-state index in [4.69, 9.17) is 0 Å². The Labute approximate surface area is 96.2 Å². The monoisotopic (exact) mass is 211 g/mol. The van der Waals surface area contributed by atoms with Gasteiger partial charge in [-0.1, -0.05) is 26.7 Å². The molecule has 0 saturated heterocycles. The Morgan fingerprint density at radius 2 is 1.80 bits per heavy atom. The molecule has 15 heavy (non-hydrogen) atoms. The highest BCUT2D eigenvalue weighted by Gasteiger charge is 2.31. The summed E-state index contributed by atoms with van der Waals surface area (Å²) in [5.74, 6) is 1.88. The second-order valence-electron chi connectivity index (χ2n) is 5.77. The predicted octanol–water partition coefficient (Wildman–Crippen LogP) is 3.93. The van der Waals surface area contributed by atoms with E-state index < -0.39 is 0 Å². The third-order valence-corrected chi connectivity index (χ3v) is 4.37. The highest BCUT2D eigenvalue weighted by atomic mass is 15.2. The number of hydrogen-bond acceptors (Lipinski definition) is 1. The molecule has 2 atom stereocenters. The summed E-state index contributed by atoms with van der Waals surface area (Å²) in [7, 11) is 2.32. The average molecular weight is 211 g/mol. The van der Waals surface area contributed by atoms with Crippen molar-refractivity contribution in [2.45, 2.75) is 71.9 Å². The van der Waals surface area contributed by atoms with Crippen molar-refractivity contribution in [1.29, 1.82) is 0 Å². The lowest BCUT2D eigenvalue weighted by molar-refractivity contribution is 0.0758. The first-order valence-electron chi connectivity index (χ1n) is 6.78. The van der Waals surface area contributed by atoms with Crippen LogP contribution in [-0.2, 0) is 0 Å². The maximum atomic E-state index is 2.61. The molecule has 0 radical (unpaired) electrons. The second kappa shape index (κ2) is 5.89. The minimum absolute atomic E-state index is 0.694. The van der Waals surface area contributed by atoms with Gasteiger partial charge >= 0.3 is 0 Å². The summed E-state index contributed by atoms with van der Waals surface area (Å²) < 4.78 is 0. The van der Waals surface area contributed by atoms with Crippen LogP contribution in [0.15, 0.2) is 0 Å². The summed E-state index contributed by atoms with van der Waals surface area (Å²) >= 11 is 0. The van der Waals surface area contributed by atoms with Crippen LogP contribution in [0.3, 0.4) is 0 Å². The first kappa shape index (κ1) is 13.0. The van der Waals surface area contributed by atoms with Gasteiger partial charge in [-0.05, 0) is 52.0 Å². The highest BCUT2D eigenvalue weighted by molar-refractivity contribution is 4.85. The van der Waals surface area contributed by atoms with Crippen LogP contribution in [0.5, 0.6) is 0 Å². The number of rotatable bonds is 6. The van der Waals surface area contributed by atoms with Crippen LogP contribution in [0.1, 0.15) is 59.8 Å². The van der Waals surface area contributed by atoms with E-state index in [0.29, 0.717) is 6.04 Å². The Morgan fingerprint density at radius 1 is 1.20 bits per heavy atom. The molecule has 0 bridgehead atoms. The minimum Gasteiger partial charge on any atom is -0.301 e. The molecule has 1 heteroatoms. The molecule has 1 nitrogen and oxygen atoms in total. The van der Waals surface area contributed by atoms with Crippen LogP contribution in [0.4, 0.5) is 0 Å². The van der Waals surface area contributed by atoms with Crippen LogP contribution < -0.4 is 0 Å². The van der Waals surface area contributed by atoms with Gasteiger partial charge in [0.25, 0.3) is 0 Å². The molecule has 1 rings (SSSR count). The summed E-state index contributed by atoms with van der Waals surface area (Å²) in [6, 6.07) is 1.54. The summed E-state index contributed by atoms with van der Waals surface area (Å²) in [5, 5.41) is 0. The van der Waals surface area contributed by atoms with Gasteiger partial charge < -0.3 is 4.90 Å². The maximum absolute atomic E-state index is 2.61. The van der Waals surface area contributed by atoms with Crippen LogP contribution >= 0.6 is 0 Å². The SMILES string of the molecule is CCC(C)CC(C1CCC1)N(C)C(C)C. The van der Waals surface area contributed by atoms with Crippen LogP contribution in [0.2, 0.25) is 0 Å². The van der Waals surface area contributed by atoms with E-state index in [0.717, 1.165) is 17.9 Å². The van der Waals surface area contributed by atoms with Gasteiger partial charge in [-0.25, -0.2) is 0 Å². The molecule has 1 aliphatic carbocycles. The molecule has 0 aromatic heterocycles. The van der Waals surface area contributed by atoms with E-state index in [1.807, 2.05) is 0 Å². The first-order chi connectivity index (χ1) is 7.06. The van der Waals surface area contributed by atoms with Gasteiger partial charge in [0.2, 0.25) is 0 Å². The third kappa shape index (κ3) is 3.48. The zero-order valence-corrected chi connectivity index (χ0v) is 11.3. The Morgan fingerprint density at radius 3 is 2.13 bits per heavy atom. The Kier molecular flexibility index (Phi) is 5.11. The van der Waals surface area contributed by atoms with E-state index in [9.17, 15) is 0 Å². The summed E-state index contributed by atoms with van der Waals surface area (Å²) in [6.07, 6.45) is 7.13. The smallest absolute Gasteiger partial charge is 0.0126 e. The van der Waals surface area contributed by atoms with E-state index in [2.05, 4.69) is 39.6 Å². The largest absolute Gasteiger partial charge is 0.301 e. The molecule has 0 aromatic carbocycles. The molecule has 90 valence electrons. The quantitative estimate of drug-likeness (QED) is 0.643. The molecule has 0 spiro atoms. The summed E-state index contributed by atoms with van der Waals surface area (Å²) in [6.45, 7) is 9.36. The highest BCUT2D eigenvalue weighted by Crippen LogP contribution is 2.35. The van der Waals surface area contributed by atoms with Gasteiger partial charge in [0, 0.05) is 12.1 Å². The van der Waals surface area contributed by atoms with E-state index in [1.165, 1.54) is 32.1 Å². The molecule has 0 amide bonds. The molecular formula is C14H29N. The zero-order chi connectivity index (χ0) is 11.4. The standard InChI is InChI=1S/C14H29N/c1-6-12(4)10-14(13-8-7-9-13)15(5)11(2)3/h11-14H,6-10H2,1-5H3. The lowest BCUT2D eigenvalue weighted by Crippen LogP contribution is -2.45. The molecule has 0 aliphatic heterocycles. The molecular weight excluding hydrogens is 182 g/mol. The van der Waals surface area contributed by atoms with Gasteiger partial charge in [0.05, 0.1) is 0 Å². The van der Waals surface area contributed by atoms with Crippen LogP contribution in [0, 0.1) is 11.8 Å². The molecule has 0 aromatic rings. The fourth-order valence-electron chi connectivity index (χ4n) is 2.48. The molecule has 0 N–H and O–H groups in total. The maximum Gasteiger partial charge on any atom is 0.0126 e. The van der Waals surface area contributed by atoms with Gasteiger partial charge in [0.1, 0.15) is 0 Å². The van der Waals surface area contributed by atoms with Gasteiger partial charge in [-0.3, -0.25) is 0 Å². The van der Waals surface area contributed by atoms with Gasteiger partial charge in [-0.15, -0.1) is 0 Å². The third-order valence-electron chi connectivity index (χ3n) is 4.37. The van der Waals surface area contributed by atoms with Gasteiger partial charge in [0.15, 0.2) is 0 Å². The van der Waals surface area contributed by atoms with Crippen molar-refractivity contribution < 1.29 is 0 Å². The van der Waals surface area contributed by atoms with Crippen molar-refractivity contribution in [3.05, 3.63) is 0 Å². The lowest BCUT2D eigenvalue weighted by atomic mass is 9.75. The normalized spacial score (nSPS) is 21.8. The number of nitrogens with zero attached hydrogens (tertiary/aromatic N) is 1. The number of hydrogen-bond donors (Lipinski definition) is 0. The van der Waals surface area contributed by atoms with E-state index in [-0.39, 0.29) is 0 Å². The Bertz CT molecular complexity index is 172. The molecule has 1 saturated carbocycles. The molecule has 0 heterocycles. The van der Waals surface area contributed by atoms with Crippen LogP contribution in [0.25, 0.3) is 0 Å². The minimum atomic E-state index is 0.694. The predicted molar refractivity (Wildman–Crippen MR) is 68.1 cm³/mol. The second-order valence-corrected chi connectivity index (χ2v) is 5.77. The average Bonchev–Trinajstić information content (AvgIpc) is 2.12. The van der Waals surface area contributed by atoms with Crippen molar-refractivity contribution in [1.82, 2.24) is 4.90 Å². The van der Waals surface area contributed by atoms with Crippen molar-refractivity contribution in [3.8, 4) is 0 Å². The lowest BCUT2D eigenvalue weighted by Gasteiger charge is -2.42. The topological polar surface area (TPSA) is 3.24 Å². The van der Waals surface area contributed by atoms with Crippen molar-refractivity contribution in [2.24, 2.45) is 11.8 Å². The van der Waals surface area contributed by atoms with Crippen molar-refractivity contribution in [2.75, 3.05) is 7.05 Å². The molecule has 1 aliphatic rings. The van der Waals surface area contributed by atoms with Crippen molar-refractivity contribution in [3.63, 3.8) is 0 Å². The van der Waals surface area contributed by atoms with E-state index in [1.54, 1.807) is 0 Å². The molecule has 1 fully saturated rings. The summed E-state index contributed by atoms with van der Waals surface area (Å²) in [4.78, 5) is 2.61. The van der Waals surface area contributed by atoms with Gasteiger partial charge in [-0.2, -0.15) is 0 Å². The zero-order valence-electron chi connectivity index (χ0n) is 11.3. The summed E-state index contributed by atoms with van der Waals surface area (Å²) in [5.41, 5.74) is 0. The fraction of sp³-hybridized carbons (Fsp3) is 1.00.